The number of hydrogen-bond donors (Lipinski definition) is 0. The first-order valence-electron chi connectivity index (χ1n) is 5.39. The van der Waals surface area contributed by atoms with Gasteiger partial charge in [-0.15, -0.1) is 10.2 Å². The average molecular weight is 256 g/mol. The van der Waals surface area contributed by atoms with Crippen molar-refractivity contribution in [3.05, 3.63) is 53.7 Å². The van der Waals surface area contributed by atoms with Gasteiger partial charge in [0.1, 0.15) is 0 Å². The molecule has 6 heteroatoms. The van der Waals surface area contributed by atoms with Crippen molar-refractivity contribution < 1.29 is 8.78 Å². The van der Waals surface area contributed by atoms with E-state index in [1.54, 1.807) is 22.7 Å². The van der Waals surface area contributed by atoms with Gasteiger partial charge in [0.2, 0.25) is 0 Å². The number of aromatic nitrogens is 3. The van der Waals surface area contributed by atoms with Crippen molar-refractivity contribution in [1.29, 1.82) is 5.26 Å². The smallest absolute Gasteiger partial charge is 0.168 e. The van der Waals surface area contributed by atoms with Crippen LogP contribution >= 0.6 is 0 Å². The van der Waals surface area contributed by atoms with Crippen LogP contribution < -0.4 is 0 Å². The Bertz CT molecular complexity index is 817. The Balaban J connectivity index is 2.20. The van der Waals surface area contributed by atoms with E-state index >= 15 is 0 Å². The van der Waals surface area contributed by atoms with E-state index in [9.17, 15) is 8.78 Å². The van der Waals surface area contributed by atoms with E-state index < -0.39 is 11.6 Å². The summed E-state index contributed by atoms with van der Waals surface area (Å²) in [5.41, 5.74) is 1.34. The number of pyridine rings is 1. The highest BCUT2D eigenvalue weighted by atomic mass is 19.2. The van der Waals surface area contributed by atoms with E-state index in [-0.39, 0.29) is 0 Å². The summed E-state index contributed by atoms with van der Waals surface area (Å²) in [7, 11) is 0. The molecule has 4 nitrogen and oxygen atoms in total. The largest absolute Gasteiger partial charge is 0.282 e. The SMILES string of the molecule is N#Cc1ccn2c(-c3ccc(F)c(F)c3)nnc2c1. The van der Waals surface area contributed by atoms with Crippen LogP contribution in [0.25, 0.3) is 17.0 Å². The van der Waals surface area contributed by atoms with Gasteiger partial charge < -0.3 is 0 Å². The summed E-state index contributed by atoms with van der Waals surface area (Å²) < 4.78 is 27.7. The summed E-state index contributed by atoms with van der Waals surface area (Å²) in [4.78, 5) is 0. The highest BCUT2D eigenvalue weighted by Crippen LogP contribution is 2.20. The molecule has 0 unspecified atom stereocenters. The Hall–Kier alpha value is -2.81. The van der Waals surface area contributed by atoms with E-state index in [1.807, 2.05) is 6.07 Å². The minimum atomic E-state index is -0.942. The minimum absolute atomic E-state index is 0.387. The molecule has 19 heavy (non-hydrogen) atoms. The van der Waals surface area contributed by atoms with Gasteiger partial charge in [-0.2, -0.15) is 5.26 Å². The lowest BCUT2D eigenvalue weighted by Crippen LogP contribution is -1.92. The standard InChI is InChI=1S/C13H6F2N4/c14-10-2-1-9(6-11(10)15)13-18-17-12-5-8(7-16)3-4-19(12)13/h1-6H. The zero-order chi connectivity index (χ0) is 13.4. The van der Waals surface area contributed by atoms with E-state index in [0.717, 1.165) is 12.1 Å². The summed E-state index contributed by atoms with van der Waals surface area (Å²) in [6.07, 6.45) is 1.62. The molecule has 0 aliphatic carbocycles. The summed E-state index contributed by atoms with van der Waals surface area (Å²) in [5.74, 6) is -1.47. The number of nitriles is 1. The van der Waals surface area contributed by atoms with Crippen LogP contribution in [0, 0.1) is 23.0 Å². The quantitative estimate of drug-likeness (QED) is 0.672. The van der Waals surface area contributed by atoms with Crippen molar-refractivity contribution in [2.24, 2.45) is 0 Å². The molecule has 0 radical (unpaired) electrons. The second-order valence-electron chi connectivity index (χ2n) is 3.91. The van der Waals surface area contributed by atoms with Gasteiger partial charge in [-0.25, -0.2) is 8.78 Å². The zero-order valence-corrected chi connectivity index (χ0v) is 9.51. The van der Waals surface area contributed by atoms with Crippen molar-refractivity contribution in [3.8, 4) is 17.5 Å². The molecule has 1 aromatic carbocycles. The lowest BCUT2D eigenvalue weighted by molar-refractivity contribution is 0.509. The van der Waals surface area contributed by atoms with Crippen molar-refractivity contribution >= 4 is 5.65 Å². The number of hydrogen-bond acceptors (Lipinski definition) is 3. The second-order valence-corrected chi connectivity index (χ2v) is 3.91. The van der Waals surface area contributed by atoms with Crippen LogP contribution in [-0.2, 0) is 0 Å². The molecule has 0 atom stereocenters. The predicted molar refractivity (Wildman–Crippen MR) is 63.1 cm³/mol. The molecule has 92 valence electrons. The Morgan fingerprint density at radius 3 is 2.63 bits per heavy atom. The monoisotopic (exact) mass is 256 g/mol. The molecule has 0 saturated carbocycles. The third kappa shape index (κ3) is 1.81. The highest BCUT2D eigenvalue weighted by Gasteiger charge is 2.11. The fraction of sp³-hybridized carbons (Fsp3) is 0. The first kappa shape index (κ1) is 11.3. The molecule has 2 aromatic heterocycles. The maximum Gasteiger partial charge on any atom is 0.168 e. The number of benzene rings is 1. The van der Waals surface area contributed by atoms with Gasteiger partial charge in [0, 0.05) is 17.8 Å². The third-order valence-electron chi connectivity index (χ3n) is 2.72. The summed E-state index contributed by atoms with van der Waals surface area (Å²) >= 11 is 0. The van der Waals surface area contributed by atoms with E-state index in [2.05, 4.69) is 10.2 Å². The second kappa shape index (κ2) is 4.14. The van der Waals surface area contributed by atoms with Crippen LogP contribution in [0.2, 0.25) is 0 Å². The lowest BCUT2D eigenvalue weighted by atomic mass is 10.2. The first-order chi connectivity index (χ1) is 9.19. The van der Waals surface area contributed by atoms with Gasteiger partial charge in [0.25, 0.3) is 0 Å². The first-order valence-corrected chi connectivity index (χ1v) is 5.39. The third-order valence-corrected chi connectivity index (χ3v) is 2.72. The number of rotatable bonds is 1. The fourth-order valence-corrected chi connectivity index (χ4v) is 1.79. The molecule has 0 N–H and O–H groups in total. The van der Waals surface area contributed by atoms with Crippen molar-refractivity contribution in [3.63, 3.8) is 0 Å². The van der Waals surface area contributed by atoms with Crippen LogP contribution in [-0.4, -0.2) is 14.6 Å². The average Bonchev–Trinajstić information content (AvgIpc) is 2.84. The van der Waals surface area contributed by atoms with Crippen LogP contribution in [0.4, 0.5) is 8.78 Å². The molecule has 0 bridgehead atoms. The van der Waals surface area contributed by atoms with Crippen molar-refractivity contribution in [1.82, 2.24) is 14.6 Å². The molecule has 3 rings (SSSR count). The van der Waals surface area contributed by atoms with Crippen molar-refractivity contribution in [2.75, 3.05) is 0 Å². The van der Waals surface area contributed by atoms with E-state index in [4.69, 9.17) is 5.26 Å². The summed E-state index contributed by atoms with van der Waals surface area (Å²) in [6, 6.07) is 8.68. The maximum atomic E-state index is 13.2. The van der Waals surface area contributed by atoms with Gasteiger partial charge in [-0.1, -0.05) is 0 Å². The highest BCUT2D eigenvalue weighted by molar-refractivity contribution is 5.60. The Labute approximate surface area is 106 Å². The topological polar surface area (TPSA) is 54.0 Å². The lowest BCUT2D eigenvalue weighted by Gasteiger charge is -2.01. The number of fused-ring (bicyclic) bond motifs is 1. The zero-order valence-electron chi connectivity index (χ0n) is 9.51. The predicted octanol–water partition coefficient (Wildman–Crippen LogP) is 2.55. The molecule has 0 saturated heterocycles. The Morgan fingerprint density at radius 1 is 1.05 bits per heavy atom. The fourth-order valence-electron chi connectivity index (χ4n) is 1.79. The molecule has 0 fully saturated rings. The van der Waals surface area contributed by atoms with Crippen LogP contribution in [0.3, 0.4) is 0 Å². The van der Waals surface area contributed by atoms with Gasteiger partial charge in [-0.3, -0.25) is 4.40 Å². The Morgan fingerprint density at radius 2 is 1.89 bits per heavy atom. The number of nitrogens with zero attached hydrogens (tertiary/aromatic N) is 4. The molecule has 0 aliphatic heterocycles. The van der Waals surface area contributed by atoms with Crippen LogP contribution in [0.5, 0.6) is 0 Å². The van der Waals surface area contributed by atoms with Crippen molar-refractivity contribution in [2.45, 2.75) is 0 Å². The molecular formula is C13H6F2N4. The molecule has 0 aliphatic rings. The summed E-state index contributed by atoms with van der Waals surface area (Å²) in [5, 5.41) is 16.6. The van der Waals surface area contributed by atoms with Gasteiger partial charge >= 0.3 is 0 Å². The maximum absolute atomic E-state index is 13.2. The molecular weight excluding hydrogens is 250 g/mol. The molecule has 3 aromatic rings. The van der Waals surface area contributed by atoms with Gasteiger partial charge in [-0.05, 0) is 24.3 Å². The minimum Gasteiger partial charge on any atom is -0.282 e. The van der Waals surface area contributed by atoms with Gasteiger partial charge in [0.05, 0.1) is 11.6 Å². The molecule has 0 amide bonds. The molecule has 2 heterocycles. The number of halogens is 2. The normalized spacial score (nSPS) is 10.6. The summed E-state index contributed by atoms with van der Waals surface area (Å²) in [6.45, 7) is 0. The Kier molecular flexibility index (Phi) is 2.46. The van der Waals surface area contributed by atoms with Gasteiger partial charge in [0.15, 0.2) is 23.1 Å². The van der Waals surface area contributed by atoms with Crippen LogP contribution in [0.15, 0.2) is 36.5 Å². The van der Waals surface area contributed by atoms with Crippen LogP contribution in [0.1, 0.15) is 5.56 Å². The van der Waals surface area contributed by atoms with E-state index in [1.165, 1.54) is 6.07 Å². The molecule has 0 spiro atoms. The van der Waals surface area contributed by atoms with E-state index in [0.29, 0.717) is 22.6 Å².